The van der Waals surface area contributed by atoms with Crippen molar-refractivity contribution in [1.82, 2.24) is 4.90 Å². The summed E-state index contributed by atoms with van der Waals surface area (Å²) in [6.45, 7) is 2.09. The monoisotopic (exact) mass is 286 g/mol. The molecule has 0 atom stereocenters. The summed E-state index contributed by atoms with van der Waals surface area (Å²) in [4.78, 5) is 28.5. The minimum absolute atomic E-state index is 0.325. The quantitative estimate of drug-likeness (QED) is 0.687. The van der Waals surface area contributed by atoms with Gasteiger partial charge in [0, 0.05) is 25.3 Å². The second-order valence-corrected chi connectivity index (χ2v) is 5.90. The molecule has 0 aromatic heterocycles. The molecule has 2 aliphatic rings. The van der Waals surface area contributed by atoms with Gasteiger partial charge in [-0.25, -0.2) is 0 Å². The van der Waals surface area contributed by atoms with Crippen LogP contribution in [0, 0.1) is 0 Å². The molecule has 0 radical (unpaired) electrons. The molecule has 0 unspecified atom stereocenters. The third kappa shape index (κ3) is 2.94. The molecule has 21 heavy (non-hydrogen) atoms. The first kappa shape index (κ1) is 14.1. The van der Waals surface area contributed by atoms with Gasteiger partial charge < -0.3 is 9.80 Å². The topological polar surface area (TPSA) is 40.6 Å². The fraction of sp³-hybridized carbons (Fsp3) is 0.529. The van der Waals surface area contributed by atoms with Crippen molar-refractivity contribution < 1.29 is 9.59 Å². The molecule has 0 saturated carbocycles. The van der Waals surface area contributed by atoms with Gasteiger partial charge in [0.15, 0.2) is 0 Å². The number of carbonyl (C=O) groups is 2. The van der Waals surface area contributed by atoms with Crippen molar-refractivity contribution in [1.29, 1.82) is 0 Å². The van der Waals surface area contributed by atoms with Gasteiger partial charge in [0.2, 0.25) is 0 Å². The summed E-state index contributed by atoms with van der Waals surface area (Å²) in [5.74, 6) is -0.683. The number of fused-ring (bicyclic) bond motifs is 1. The van der Waals surface area contributed by atoms with Crippen molar-refractivity contribution in [2.45, 2.75) is 38.5 Å². The molecule has 1 aromatic rings. The van der Waals surface area contributed by atoms with Gasteiger partial charge in [0.25, 0.3) is 0 Å². The zero-order chi connectivity index (χ0) is 14.7. The average molecular weight is 286 g/mol. The SMILES string of the molecule is O=C(C(=O)N1CCCc2ccccc21)N1CCCCCC1. The number of likely N-dealkylation sites (tertiary alicyclic amines) is 1. The highest BCUT2D eigenvalue weighted by atomic mass is 16.2. The summed E-state index contributed by atoms with van der Waals surface area (Å²) < 4.78 is 0. The first-order valence-corrected chi connectivity index (χ1v) is 7.96. The van der Waals surface area contributed by atoms with E-state index in [0.29, 0.717) is 6.54 Å². The smallest absolute Gasteiger partial charge is 0.316 e. The predicted octanol–water partition coefficient (Wildman–Crippen LogP) is 2.37. The maximum atomic E-state index is 12.6. The summed E-state index contributed by atoms with van der Waals surface area (Å²) in [5.41, 5.74) is 2.08. The lowest BCUT2D eigenvalue weighted by Gasteiger charge is -2.30. The number of nitrogens with zero attached hydrogens (tertiary/aromatic N) is 2. The maximum absolute atomic E-state index is 12.6. The lowest BCUT2D eigenvalue weighted by atomic mass is 10.0. The maximum Gasteiger partial charge on any atom is 0.316 e. The molecular weight excluding hydrogens is 264 g/mol. The Bertz CT molecular complexity index is 533. The zero-order valence-corrected chi connectivity index (χ0v) is 12.4. The van der Waals surface area contributed by atoms with Gasteiger partial charge in [0.1, 0.15) is 0 Å². The lowest BCUT2D eigenvalue weighted by molar-refractivity contribution is -0.144. The molecule has 1 saturated heterocycles. The highest BCUT2D eigenvalue weighted by Gasteiger charge is 2.30. The van der Waals surface area contributed by atoms with E-state index in [0.717, 1.165) is 57.3 Å². The van der Waals surface area contributed by atoms with Crippen molar-refractivity contribution >= 4 is 17.5 Å². The van der Waals surface area contributed by atoms with Crippen molar-refractivity contribution in [2.75, 3.05) is 24.5 Å². The molecule has 4 nitrogen and oxygen atoms in total. The predicted molar refractivity (Wildman–Crippen MR) is 82.2 cm³/mol. The number of carbonyl (C=O) groups excluding carboxylic acids is 2. The van der Waals surface area contributed by atoms with Gasteiger partial charge in [-0.05, 0) is 37.3 Å². The Kier molecular flexibility index (Phi) is 4.23. The standard InChI is InChI=1S/C17H22N2O2/c20-16(18-11-5-1-2-6-12-18)17(21)19-13-7-9-14-8-3-4-10-15(14)19/h3-4,8,10H,1-2,5-7,9,11-13H2. The van der Waals surface area contributed by atoms with Gasteiger partial charge in [-0.1, -0.05) is 31.0 Å². The van der Waals surface area contributed by atoms with E-state index >= 15 is 0 Å². The number of anilines is 1. The Morgan fingerprint density at radius 2 is 1.52 bits per heavy atom. The molecule has 0 N–H and O–H groups in total. The van der Waals surface area contributed by atoms with E-state index in [1.54, 1.807) is 9.80 Å². The molecule has 1 fully saturated rings. The first-order valence-electron chi connectivity index (χ1n) is 7.96. The number of aryl methyl sites for hydroxylation is 1. The average Bonchev–Trinajstić information content (AvgIpc) is 2.82. The Morgan fingerprint density at radius 1 is 0.810 bits per heavy atom. The third-order valence-corrected chi connectivity index (χ3v) is 4.43. The van der Waals surface area contributed by atoms with Crippen molar-refractivity contribution in [3.63, 3.8) is 0 Å². The Balaban J connectivity index is 1.77. The number of para-hydroxylation sites is 1. The van der Waals surface area contributed by atoms with Crippen LogP contribution in [0.3, 0.4) is 0 Å². The second-order valence-electron chi connectivity index (χ2n) is 5.90. The Labute approximate surface area is 125 Å². The normalized spacial score (nSPS) is 18.9. The molecule has 2 aliphatic heterocycles. The van der Waals surface area contributed by atoms with Gasteiger partial charge in [0.05, 0.1) is 0 Å². The number of benzene rings is 1. The van der Waals surface area contributed by atoms with Crippen LogP contribution in [0.1, 0.15) is 37.7 Å². The molecule has 2 heterocycles. The van der Waals surface area contributed by atoms with Crippen LogP contribution in [0.15, 0.2) is 24.3 Å². The van der Waals surface area contributed by atoms with Crippen LogP contribution in [-0.2, 0) is 16.0 Å². The molecule has 0 aliphatic carbocycles. The molecule has 112 valence electrons. The zero-order valence-electron chi connectivity index (χ0n) is 12.4. The minimum atomic E-state index is -0.357. The summed E-state index contributed by atoms with van der Waals surface area (Å²) in [6.07, 6.45) is 6.24. The van der Waals surface area contributed by atoms with Crippen LogP contribution >= 0.6 is 0 Å². The number of rotatable bonds is 0. The number of amides is 2. The highest BCUT2D eigenvalue weighted by molar-refractivity contribution is 6.40. The van der Waals surface area contributed by atoms with Crippen LogP contribution in [0.25, 0.3) is 0 Å². The van der Waals surface area contributed by atoms with Crippen LogP contribution in [0.5, 0.6) is 0 Å². The molecule has 4 heteroatoms. The van der Waals surface area contributed by atoms with Gasteiger partial charge in [-0.3, -0.25) is 9.59 Å². The van der Waals surface area contributed by atoms with Gasteiger partial charge in [-0.15, -0.1) is 0 Å². The Morgan fingerprint density at radius 3 is 2.29 bits per heavy atom. The van der Waals surface area contributed by atoms with Gasteiger partial charge >= 0.3 is 11.8 Å². The minimum Gasteiger partial charge on any atom is -0.334 e. The number of hydrogen-bond acceptors (Lipinski definition) is 2. The largest absolute Gasteiger partial charge is 0.334 e. The van der Waals surface area contributed by atoms with Crippen LogP contribution in [0.4, 0.5) is 5.69 Å². The molecule has 0 spiro atoms. The van der Waals surface area contributed by atoms with E-state index in [1.165, 1.54) is 5.56 Å². The van der Waals surface area contributed by atoms with Crippen LogP contribution in [-0.4, -0.2) is 36.3 Å². The van der Waals surface area contributed by atoms with E-state index in [4.69, 9.17) is 0 Å². The third-order valence-electron chi connectivity index (χ3n) is 4.43. The van der Waals surface area contributed by atoms with Crippen LogP contribution < -0.4 is 4.90 Å². The molecule has 3 rings (SSSR count). The van der Waals surface area contributed by atoms with E-state index in [-0.39, 0.29) is 11.8 Å². The molecule has 0 bridgehead atoms. The van der Waals surface area contributed by atoms with E-state index in [1.807, 2.05) is 24.3 Å². The van der Waals surface area contributed by atoms with Crippen molar-refractivity contribution in [3.05, 3.63) is 29.8 Å². The van der Waals surface area contributed by atoms with Crippen molar-refractivity contribution in [2.24, 2.45) is 0 Å². The number of hydrogen-bond donors (Lipinski definition) is 0. The molecular formula is C17H22N2O2. The lowest BCUT2D eigenvalue weighted by Crippen LogP contribution is -2.47. The van der Waals surface area contributed by atoms with E-state index < -0.39 is 0 Å². The Hall–Kier alpha value is -1.84. The van der Waals surface area contributed by atoms with Crippen molar-refractivity contribution in [3.8, 4) is 0 Å². The summed E-state index contributed by atoms with van der Waals surface area (Å²) in [6, 6.07) is 7.91. The fourth-order valence-electron chi connectivity index (χ4n) is 3.27. The molecule has 1 aromatic carbocycles. The highest BCUT2D eigenvalue weighted by Crippen LogP contribution is 2.27. The summed E-state index contributed by atoms with van der Waals surface area (Å²) >= 11 is 0. The second kappa shape index (κ2) is 6.29. The summed E-state index contributed by atoms with van der Waals surface area (Å²) in [5, 5.41) is 0. The molecule has 2 amide bonds. The first-order chi connectivity index (χ1) is 10.3. The van der Waals surface area contributed by atoms with E-state index in [2.05, 4.69) is 0 Å². The fourth-order valence-corrected chi connectivity index (χ4v) is 3.27. The summed E-state index contributed by atoms with van der Waals surface area (Å²) in [7, 11) is 0. The van der Waals surface area contributed by atoms with Crippen LogP contribution in [0.2, 0.25) is 0 Å². The van der Waals surface area contributed by atoms with Gasteiger partial charge in [-0.2, -0.15) is 0 Å². The van der Waals surface area contributed by atoms with E-state index in [9.17, 15) is 9.59 Å².